The minimum Gasteiger partial charge on any atom is -0.367 e. The number of alkyl halides is 6. The fourth-order valence-electron chi connectivity index (χ4n) is 2.17. The Morgan fingerprint density at radius 1 is 1.18 bits per heavy atom. The lowest BCUT2D eigenvalue weighted by Gasteiger charge is -2.14. The first-order valence-corrected chi connectivity index (χ1v) is 8.92. The maximum Gasteiger partial charge on any atom is 0.405 e. The molecule has 0 bridgehead atoms. The van der Waals surface area contributed by atoms with Crippen LogP contribution < -0.4 is 5.32 Å². The van der Waals surface area contributed by atoms with Gasteiger partial charge in [0.25, 0.3) is 0 Å². The van der Waals surface area contributed by atoms with Gasteiger partial charge in [-0.25, -0.2) is 14.1 Å². The van der Waals surface area contributed by atoms with Crippen LogP contribution in [0.15, 0.2) is 17.3 Å². The molecule has 28 heavy (non-hydrogen) atoms. The van der Waals surface area contributed by atoms with E-state index in [4.69, 9.17) is 12.2 Å². The van der Waals surface area contributed by atoms with E-state index < -0.39 is 30.5 Å². The van der Waals surface area contributed by atoms with Crippen molar-refractivity contribution in [3.8, 4) is 11.4 Å². The number of hydrogen-bond acceptors (Lipinski definition) is 4. The summed E-state index contributed by atoms with van der Waals surface area (Å²) in [5.74, 6) is -2.06. The Morgan fingerprint density at radius 3 is 2.39 bits per heavy atom. The van der Waals surface area contributed by atoms with Gasteiger partial charge in [-0.05, 0) is 24.6 Å². The van der Waals surface area contributed by atoms with Crippen molar-refractivity contribution in [2.45, 2.75) is 24.4 Å². The van der Waals surface area contributed by atoms with Gasteiger partial charge in [-0.3, -0.25) is 0 Å². The zero-order valence-electron chi connectivity index (χ0n) is 14.4. The number of nitrogens with zero attached hydrogens (tertiary/aromatic N) is 3. The molecule has 2 rings (SSSR count). The van der Waals surface area contributed by atoms with Crippen LogP contribution in [0.5, 0.6) is 0 Å². The van der Waals surface area contributed by atoms with Gasteiger partial charge in [-0.15, -0.1) is 5.10 Å². The Balaban J connectivity index is 2.33. The highest BCUT2D eigenvalue weighted by atomic mass is 32.2. The molecule has 0 unspecified atom stereocenters. The predicted octanol–water partition coefficient (Wildman–Crippen LogP) is 4.41. The van der Waals surface area contributed by atoms with Crippen molar-refractivity contribution in [3.05, 3.63) is 29.1 Å². The molecule has 4 nitrogen and oxygen atoms in total. The van der Waals surface area contributed by atoms with Crippen LogP contribution in [0.2, 0.25) is 0 Å². The number of hydrogen-bond donors (Lipinski definition) is 1. The Bertz CT molecular complexity index is 874. The summed E-state index contributed by atoms with van der Waals surface area (Å²) in [7, 11) is 1.36. The number of benzene rings is 1. The first kappa shape index (κ1) is 22.4. The van der Waals surface area contributed by atoms with E-state index in [1.165, 1.54) is 20.0 Å². The molecule has 1 aromatic carbocycles. The van der Waals surface area contributed by atoms with Crippen LogP contribution in [0, 0.1) is 12.7 Å². The minimum absolute atomic E-state index is 0.0814. The molecule has 1 N–H and O–H groups in total. The third-order valence-corrected chi connectivity index (χ3v) is 4.62. The number of halogens is 7. The third-order valence-electron chi connectivity index (χ3n) is 3.36. The highest BCUT2D eigenvalue weighted by molar-refractivity contribution is 7.99. The molecule has 1 aromatic heterocycles. The molecular formula is C15H13F7N4S2. The van der Waals surface area contributed by atoms with Gasteiger partial charge in [-0.1, -0.05) is 24.0 Å². The lowest BCUT2D eigenvalue weighted by Crippen LogP contribution is -2.33. The Morgan fingerprint density at radius 2 is 1.82 bits per heavy atom. The summed E-state index contributed by atoms with van der Waals surface area (Å²) in [4.78, 5) is 3.64. The first-order valence-electron chi connectivity index (χ1n) is 7.53. The van der Waals surface area contributed by atoms with Crippen LogP contribution in [-0.2, 0) is 7.05 Å². The van der Waals surface area contributed by atoms with E-state index in [0.29, 0.717) is 11.8 Å². The largest absolute Gasteiger partial charge is 0.405 e. The molecule has 0 spiro atoms. The Kier molecular flexibility index (Phi) is 6.58. The van der Waals surface area contributed by atoms with Gasteiger partial charge < -0.3 is 5.32 Å². The summed E-state index contributed by atoms with van der Waals surface area (Å²) >= 11 is 5.28. The molecule has 13 heteroatoms. The van der Waals surface area contributed by atoms with Crippen molar-refractivity contribution >= 4 is 29.0 Å². The SMILES string of the molecule is Cc1cc(F)c(-c2nc(SCC(F)(F)F)nn2C)cc1C(=S)NCC(F)(F)F. The number of thiocarbonyl (C=S) groups is 1. The summed E-state index contributed by atoms with van der Waals surface area (Å²) in [5.41, 5.74) is 0.281. The number of aromatic nitrogens is 3. The van der Waals surface area contributed by atoms with Gasteiger partial charge in [0, 0.05) is 12.6 Å². The number of thioether (sulfide) groups is 1. The van der Waals surface area contributed by atoms with Crippen LogP contribution in [0.3, 0.4) is 0 Å². The zero-order valence-corrected chi connectivity index (χ0v) is 16.0. The highest BCUT2D eigenvalue weighted by Crippen LogP contribution is 2.29. The highest BCUT2D eigenvalue weighted by Gasteiger charge is 2.29. The van der Waals surface area contributed by atoms with E-state index in [-0.39, 0.29) is 32.7 Å². The van der Waals surface area contributed by atoms with E-state index in [1.54, 1.807) is 0 Å². The summed E-state index contributed by atoms with van der Waals surface area (Å²) in [6.07, 6.45) is -8.92. The quantitative estimate of drug-likeness (QED) is 0.419. The van der Waals surface area contributed by atoms with E-state index in [2.05, 4.69) is 10.1 Å². The van der Waals surface area contributed by atoms with Crippen LogP contribution in [0.4, 0.5) is 30.7 Å². The van der Waals surface area contributed by atoms with Crippen LogP contribution >= 0.6 is 24.0 Å². The van der Waals surface area contributed by atoms with Crippen molar-refractivity contribution in [2.75, 3.05) is 12.3 Å². The second kappa shape index (κ2) is 8.23. The lowest BCUT2D eigenvalue weighted by molar-refractivity contribution is -0.121. The first-order chi connectivity index (χ1) is 12.8. The summed E-state index contributed by atoms with van der Waals surface area (Å²) in [6.45, 7) is 0.102. The molecule has 0 amide bonds. The van der Waals surface area contributed by atoms with Gasteiger partial charge >= 0.3 is 12.4 Å². The van der Waals surface area contributed by atoms with Crippen molar-refractivity contribution in [1.29, 1.82) is 0 Å². The monoisotopic (exact) mass is 446 g/mol. The second-order valence-corrected chi connectivity index (χ2v) is 7.04. The summed E-state index contributed by atoms with van der Waals surface area (Å²) in [6, 6.07) is 2.25. The normalized spacial score (nSPS) is 12.3. The minimum atomic E-state index is -4.49. The van der Waals surface area contributed by atoms with Crippen molar-refractivity contribution in [1.82, 2.24) is 20.1 Å². The molecule has 0 aliphatic carbocycles. The van der Waals surface area contributed by atoms with E-state index in [0.717, 1.165) is 10.7 Å². The van der Waals surface area contributed by atoms with Gasteiger partial charge in [0.05, 0.1) is 11.3 Å². The standard InChI is InChI=1S/C15H13F7N4S2/c1-7-3-10(16)9(4-8(7)12(27)23-5-14(17,18)19)11-24-13(25-26(11)2)28-6-15(20,21)22/h3-4H,5-6H2,1-2H3,(H,23,27). The van der Waals surface area contributed by atoms with Crippen LogP contribution in [0.1, 0.15) is 11.1 Å². The molecule has 2 aromatic rings. The maximum atomic E-state index is 14.4. The molecular weight excluding hydrogens is 433 g/mol. The molecule has 1 heterocycles. The smallest absolute Gasteiger partial charge is 0.367 e. The van der Waals surface area contributed by atoms with Gasteiger partial charge in [0.15, 0.2) is 5.82 Å². The maximum absolute atomic E-state index is 14.4. The Labute approximate surface area is 164 Å². The van der Waals surface area contributed by atoms with Crippen LogP contribution in [0.25, 0.3) is 11.4 Å². The molecule has 0 aliphatic heterocycles. The molecule has 0 radical (unpaired) electrons. The van der Waals surface area contributed by atoms with Gasteiger partial charge in [0.2, 0.25) is 5.16 Å². The molecule has 154 valence electrons. The zero-order chi connectivity index (χ0) is 21.3. The molecule has 0 atom stereocenters. The average molecular weight is 446 g/mol. The van der Waals surface area contributed by atoms with Crippen molar-refractivity contribution in [2.24, 2.45) is 7.05 Å². The predicted molar refractivity (Wildman–Crippen MR) is 93.7 cm³/mol. The fourth-order valence-corrected chi connectivity index (χ4v) is 3.08. The van der Waals surface area contributed by atoms with E-state index in [1.807, 2.05) is 5.32 Å². The van der Waals surface area contributed by atoms with Crippen LogP contribution in [-0.4, -0.2) is 44.4 Å². The topological polar surface area (TPSA) is 42.7 Å². The fraction of sp³-hybridized carbons (Fsp3) is 0.400. The summed E-state index contributed by atoms with van der Waals surface area (Å²) < 4.78 is 89.6. The lowest BCUT2D eigenvalue weighted by atomic mass is 10.0. The van der Waals surface area contributed by atoms with E-state index in [9.17, 15) is 30.7 Å². The van der Waals surface area contributed by atoms with Crippen molar-refractivity contribution in [3.63, 3.8) is 0 Å². The molecule has 0 aliphatic rings. The molecule has 0 saturated heterocycles. The van der Waals surface area contributed by atoms with Gasteiger partial charge in [0.1, 0.15) is 17.4 Å². The third kappa shape index (κ3) is 6.06. The number of rotatable bonds is 5. The summed E-state index contributed by atoms with van der Waals surface area (Å²) in [5, 5.41) is 5.63. The van der Waals surface area contributed by atoms with Crippen molar-refractivity contribution < 1.29 is 30.7 Å². The van der Waals surface area contributed by atoms with E-state index >= 15 is 0 Å². The average Bonchev–Trinajstić information content (AvgIpc) is 2.90. The molecule has 0 fully saturated rings. The number of nitrogens with one attached hydrogen (secondary N) is 1. The number of aryl methyl sites for hydroxylation is 2. The Hall–Kier alpha value is -1.89. The second-order valence-electron chi connectivity index (χ2n) is 5.69. The molecule has 0 saturated carbocycles. The van der Waals surface area contributed by atoms with Gasteiger partial charge in [-0.2, -0.15) is 26.3 Å².